The number of hydrogen-bond donors (Lipinski definition) is 0. The molecule has 0 saturated carbocycles. The summed E-state index contributed by atoms with van der Waals surface area (Å²) in [6.45, 7) is 0.135. The smallest absolute Gasteiger partial charge is 0.272 e. The van der Waals surface area contributed by atoms with E-state index in [-0.39, 0.29) is 16.0 Å². The summed E-state index contributed by atoms with van der Waals surface area (Å²) in [6, 6.07) is 12.1. The predicted molar refractivity (Wildman–Crippen MR) is 91.0 cm³/mol. The van der Waals surface area contributed by atoms with Crippen LogP contribution in [-0.4, -0.2) is 44.5 Å². The van der Waals surface area contributed by atoms with E-state index in [4.69, 9.17) is 4.18 Å². The first kappa shape index (κ1) is 18.2. The van der Waals surface area contributed by atoms with Crippen LogP contribution in [0.1, 0.15) is 26.3 Å². The molecule has 3 rings (SSSR count). The monoisotopic (exact) mass is 377 g/mol. The molecule has 0 saturated heterocycles. The maximum absolute atomic E-state index is 13.4. The van der Waals surface area contributed by atoms with Gasteiger partial charge in [0.05, 0.1) is 22.6 Å². The fraction of sp³-hybridized carbons (Fsp3) is 0.222. The average molecular weight is 377 g/mol. The third-order valence-electron chi connectivity index (χ3n) is 4.01. The lowest BCUT2D eigenvalue weighted by atomic mass is 10.1. The number of halogens is 1. The summed E-state index contributed by atoms with van der Waals surface area (Å²) in [5.41, 5.74) is 1.27. The van der Waals surface area contributed by atoms with Gasteiger partial charge in [-0.1, -0.05) is 29.8 Å². The van der Waals surface area contributed by atoms with Gasteiger partial charge in [0.25, 0.3) is 21.9 Å². The number of rotatable bonds is 6. The molecule has 136 valence electrons. The highest BCUT2D eigenvalue weighted by Crippen LogP contribution is 2.24. The van der Waals surface area contributed by atoms with Gasteiger partial charge in [0.2, 0.25) is 0 Å². The van der Waals surface area contributed by atoms with Crippen molar-refractivity contribution in [3.05, 3.63) is 65.2 Å². The molecule has 0 fully saturated rings. The van der Waals surface area contributed by atoms with Crippen LogP contribution in [0.25, 0.3) is 0 Å². The van der Waals surface area contributed by atoms with Crippen LogP contribution in [0.5, 0.6) is 0 Å². The normalized spacial score (nSPS) is 15.2. The van der Waals surface area contributed by atoms with Crippen LogP contribution in [0.15, 0.2) is 53.4 Å². The lowest BCUT2D eigenvalue weighted by molar-refractivity contribution is 0.0552. The first-order valence-electron chi connectivity index (χ1n) is 7.84. The first-order valence-corrected chi connectivity index (χ1v) is 9.25. The summed E-state index contributed by atoms with van der Waals surface area (Å²) < 4.78 is 42.9. The minimum atomic E-state index is -4.22. The third-order valence-corrected chi connectivity index (χ3v) is 5.38. The number of hydrogen-bond acceptors (Lipinski definition) is 5. The topological polar surface area (TPSA) is 80.8 Å². The molecule has 8 heteroatoms. The number of imide groups is 1. The number of aryl methyl sites for hydroxylation is 1. The summed E-state index contributed by atoms with van der Waals surface area (Å²) in [5.74, 6) is -1.19. The van der Waals surface area contributed by atoms with E-state index < -0.39 is 41.3 Å². The minimum Gasteiger partial charge on any atom is -0.272 e. The van der Waals surface area contributed by atoms with Crippen molar-refractivity contribution in [1.29, 1.82) is 0 Å². The van der Waals surface area contributed by atoms with Gasteiger partial charge in [-0.3, -0.25) is 18.7 Å². The predicted octanol–water partition coefficient (Wildman–Crippen LogP) is 2.33. The Morgan fingerprint density at radius 2 is 1.54 bits per heavy atom. The van der Waals surface area contributed by atoms with E-state index in [0.717, 1.165) is 10.5 Å². The van der Waals surface area contributed by atoms with Crippen LogP contribution in [-0.2, 0) is 14.3 Å². The Labute approximate surface area is 150 Å². The van der Waals surface area contributed by atoms with Crippen LogP contribution in [0.3, 0.4) is 0 Å². The molecule has 0 radical (unpaired) electrons. The van der Waals surface area contributed by atoms with Crippen molar-refractivity contribution in [2.24, 2.45) is 0 Å². The van der Waals surface area contributed by atoms with E-state index in [1.165, 1.54) is 24.3 Å². The molecule has 26 heavy (non-hydrogen) atoms. The zero-order valence-electron chi connectivity index (χ0n) is 13.9. The number of alkyl halides is 1. The van der Waals surface area contributed by atoms with Crippen LogP contribution in [0, 0.1) is 6.92 Å². The zero-order valence-corrected chi connectivity index (χ0v) is 14.7. The molecule has 1 aliphatic rings. The van der Waals surface area contributed by atoms with Crippen molar-refractivity contribution in [3.8, 4) is 0 Å². The highest BCUT2D eigenvalue weighted by atomic mass is 32.2. The summed E-state index contributed by atoms with van der Waals surface area (Å²) in [4.78, 5) is 25.3. The second-order valence-corrected chi connectivity index (χ2v) is 7.48. The van der Waals surface area contributed by atoms with Crippen molar-refractivity contribution >= 4 is 21.9 Å². The molecule has 0 N–H and O–H groups in total. The Kier molecular flexibility index (Phi) is 4.88. The van der Waals surface area contributed by atoms with Gasteiger partial charge < -0.3 is 0 Å². The van der Waals surface area contributed by atoms with E-state index in [9.17, 15) is 22.4 Å². The minimum absolute atomic E-state index is 0.121. The van der Waals surface area contributed by atoms with Gasteiger partial charge >= 0.3 is 0 Å². The lowest BCUT2D eigenvalue weighted by Gasteiger charge is -2.20. The second-order valence-electron chi connectivity index (χ2n) is 5.91. The van der Waals surface area contributed by atoms with Gasteiger partial charge in [-0.2, -0.15) is 8.42 Å². The van der Waals surface area contributed by atoms with Gasteiger partial charge in [-0.05, 0) is 31.2 Å². The van der Waals surface area contributed by atoms with Crippen molar-refractivity contribution in [3.63, 3.8) is 0 Å². The van der Waals surface area contributed by atoms with E-state index in [2.05, 4.69) is 0 Å². The highest BCUT2D eigenvalue weighted by Gasteiger charge is 2.37. The van der Waals surface area contributed by atoms with Gasteiger partial charge in [0.15, 0.2) is 0 Å². The molecule has 1 heterocycles. The third kappa shape index (κ3) is 3.38. The Balaban J connectivity index is 1.77. The molecule has 0 aromatic heterocycles. The van der Waals surface area contributed by atoms with Crippen LogP contribution in [0.4, 0.5) is 4.39 Å². The first-order chi connectivity index (χ1) is 12.3. The Hall–Kier alpha value is -2.58. The molecule has 2 amide bonds. The standard InChI is InChI=1S/C18H16FNO5S/c1-12-6-8-14(9-7-12)26(23,24)25-13(10-19)11-20-17(21)15-4-2-3-5-16(15)18(20)22/h2-9,13H,10-11H2,1H3. The van der Waals surface area contributed by atoms with Gasteiger partial charge in [-0.25, -0.2) is 4.39 Å². The molecule has 6 nitrogen and oxygen atoms in total. The van der Waals surface area contributed by atoms with E-state index in [1.54, 1.807) is 31.2 Å². The Morgan fingerprint density at radius 3 is 2.04 bits per heavy atom. The summed E-state index contributed by atoms with van der Waals surface area (Å²) in [7, 11) is -4.22. The van der Waals surface area contributed by atoms with Crippen LogP contribution < -0.4 is 0 Å². The zero-order chi connectivity index (χ0) is 18.9. The number of carbonyl (C=O) groups is 2. The van der Waals surface area contributed by atoms with E-state index in [0.29, 0.717) is 0 Å². The maximum Gasteiger partial charge on any atom is 0.297 e. The molecule has 1 atom stereocenters. The molecule has 0 spiro atoms. The van der Waals surface area contributed by atoms with Gasteiger partial charge in [0, 0.05) is 0 Å². The average Bonchev–Trinajstić information content (AvgIpc) is 2.86. The number of amides is 2. The Bertz CT molecular complexity index is 921. The lowest BCUT2D eigenvalue weighted by Crippen LogP contribution is -2.39. The molecule has 1 aliphatic heterocycles. The van der Waals surface area contributed by atoms with Crippen LogP contribution in [0.2, 0.25) is 0 Å². The van der Waals surface area contributed by atoms with Crippen molar-refractivity contribution in [2.75, 3.05) is 13.2 Å². The molecule has 0 bridgehead atoms. The maximum atomic E-state index is 13.4. The molecule has 0 aliphatic carbocycles. The Morgan fingerprint density at radius 1 is 1.00 bits per heavy atom. The number of fused-ring (bicyclic) bond motifs is 1. The number of nitrogens with zero attached hydrogens (tertiary/aromatic N) is 1. The number of benzene rings is 2. The highest BCUT2D eigenvalue weighted by molar-refractivity contribution is 7.86. The van der Waals surface area contributed by atoms with Crippen molar-refractivity contribution < 1.29 is 26.6 Å². The SMILES string of the molecule is Cc1ccc(S(=O)(=O)OC(CF)CN2C(=O)c3ccccc3C2=O)cc1. The fourth-order valence-corrected chi connectivity index (χ4v) is 3.70. The molecular weight excluding hydrogens is 361 g/mol. The van der Waals surface area contributed by atoms with Gasteiger partial charge in [-0.15, -0.1) is 0 Å². The van der Waals surface area contributed by atoms with Crippen LogP contribution >= 0.6 is 0 Å². The largest absolute Gasteiger partial charge is 0.297 e. The number of carbonyl (C=O) groups excluding carboxylic acids is 2. The summed E-state index contributed by atoms with van der Waals surface area (Å²) in [5, 5.41) is 0. The fourth-order valence-electron chi connectivity index (χ4n) is 2.65. The van der Waals surface area contributed by atoms with E-state index in [1.807, 2.05) is 0 Å². The van der Waals surface area contributed by atoms with Crippen molar-refractivity contribution in [1.82, 2.24) is 4.90 Å². The summed E-state index contributed by atoms with van der Waals surface area (Å²) >= 11 is 0. The van der Waals surface area contributed by atoms with E-state index >= 15 is 0 Å². The molecule has 2 aromatic rings. The van der Waals surface area contributed by atoms with Gasteiger partial charge in [0.1, 0.15) is 12.8 Å². The molecular formula is C18H16FNO5S. The molecule has 2 aromatic carbocycles. The quantitative estimate of drug-likeness (QED) is 0.570. The second kappa shape index (κ2) is 6.97. The van der Waals surface area contributed by atoms with Crippen molar-refractivity contribution in [2.45, 2.75) is 17.9 Å². The molecule has 1 unspecified atom stereocenters. The summed E-state index contributed by atoms with van der Waals surface area (Å²) in [6.07, 6.45) is -1.48.